The predicted molar refractivity (Wildman–Crippen MR) is 101 cm³/mol. The normalized spacial score (nSPS) is 11.2. The maximum absolute atomic E-state index is 12.7. The van der Waals surface area contributed by atoms with E-state index in [1.165, 1.54) is 23.4 Å². The zero-order valence-electron chi connectivity index (χ0n) is 14.5. The fraction of sp³-hybridized carbons (Fsp3) is 0.278. The third-order valence-electron chi connectivity index (χ3n) is 3.94. The molecule has 0 aliphatic carbocycles. The molecule has 0 spiro atoms. The first-order valence-corrected chi connectivity index (χ1v) is 8.86. The van der Waals surface area contributed by atoms with E-state index < -0.39 is 0 Å². The number of aryl methyl sites for hydroxylation is 1. The zero-order valence-corrected chi connectivity index (χ0v) is 15.3. The molecule has 0 atom stereocenters. The summed E-state index contributed by atoms with van der Waals surface area (Å²) < 4.78 is 4.43. The lowest BCUT2D eigenvalue weighted by Crippen LogP contribution is -2.37. The van der Waals surface area contributed by atoms with Gasteiger partial charge in [0.05, 0.1) is 6.54 Å². The Balaban J connectivity index is 2.26. The molecular weight excluding hydrogens is 336 g/mol. The molecule has 6 nitrogen and oxygen atoms in total. The number of thioether (sulfide) groups is 1. The van der Waals surface area contributed by atoms with E-state index in [1.54, 1.807) is 7.05 Å². The van der Waals surface area contributed by atoms with Gasteiger partial charge in [0.1, 0.15) is 0 Å². The van der Waals surface area contributed by atoms with E-state index in [0.717, 1.165) is 15.7 Å². The van der Waals surface area contributed by atoms with Gasteiger partial charge in [-0.05, 0) is 12.5 Å². The van der Waals surface area contributed by atoms with Crippen LogP contribution in [-0.2, 0) is 20.6 Å². The quantitative estimate of drug-likeness (QED) is 0.519. The van der Waals surface area contributed by atoms with Gasteiger partial charge in [-0.25, -0.2) is 9.78 Å². The van der Waals surface area contributed by atoms with Crippen molar-refractivity contribution in [2.45, 2.75) is 18.6 Å². The molecular formula is C18H20N4O2S. The first kappa shape index (κ1) is 17.3. The van der Waals surface area contributed by atoms with E-state index in [4.69, 9.17) is 0 Å². The molecule has 3 aromatic rings. The van der Waals surface area contributed by atoms with Gasteiger partial charge in [0, 0.05) is 19.8 Å². The molecule has 0 saturated carbocycles. The highest BCUT2D eigenvalue weighted by atomic mass is 32.2. The Labute approximate surface area is 149 Å². The van der Waals surface area contributed by atoms with Gasteiger partial charge in [-0.2, -0.15) is 0 Å². The van der Waals surface area contributed by atoms with Crippen molar-refractivity contribution < 1.29 is 0 Å². The summed E-state index contributed by atoms with van der Waals surface area (Å²) in [6.07, 6.45) is 0. The van der Waals surface area contributed by atoms with Crippen LogP contribution in [0.5, 0.6) is 0 Å². The molecule has 0 unspecified atom stereocenters. The second-order valence-corrected chi connectivity index (χ2v) is 7.03. The van der Waals surface area contributed by atoms with Crippen molar-refractivity contribution in [2.24, 2.45) is 14.1 Å². The number of hydrogen-bond acceptors (Lipinski definition) is 4. The molecule has 25 heavy (non-hydrogen) atoms. The van der Waals surface area contributed by atoms with Crippen LogP contribution in [0.25, 0.3) is 11.2 Å². The Morgan fingerprint density at radius 2 is 1.84 bits per heavy atom. The van der Waals surface area contributed by atoms with Crippen LogP contribution in [0, 0.1) is 0 Å². The Morgan fingerprint density at radius 3 is 2.48 bits per heavy atom. The van der Waals surface area contributed by atoms with Gasteiger partial charge >= 0.3 is 5.69 Å². The molecule has 1 aromatic carbocycles. The number of aromatic nitrogens is 4. The topological polar surface area (TPSA) is 61.8 Å². The highest BCUT2D eigenvalue weighted by molar-refractivity contribution is 7.99. The summed E-state index contributed by atoms with van der Waals surface area (Å²) in [5.74, 6) is 0.701. The summed E-state index contributed by atoms with van der Waals surface area (Å²) >= 11 is 1.52. The van der Waals surface area contributed by atoms with Crippen molar-refractivity contribution in [3.63, 3.8) is 0 Å². The molecule has 0 aliphatic rings. The van der Waals surface area contributed by atoms with Gasteiger partial charge in [0.2, 0.25) is 0 Å². The van der Waals surface area contributed by atoms with E-state index in [2.05, 4.69) is 11.6 Å². The van der Waals surface area contributed by atoms with Crippen LogP contribution in [0.15, 0.2) is 57.2 Å². The maximum Gasteiger partial charge on any atom is 0.332 e. The Bertz CT molecular complexity index is 1060. The summed E-state index contributed by atoms with van der Waals surface area (Å²) in [5.41, 5.74) is 2.23. The van der Waals surface area contributed by atoms with Crippen LogP contribution in [0.2, 0.25) is 0 Å². The highest BCUT2D eigenvalue weighted by Gasteiger charge is 2.19. The summed E-state index contributed by atoms with van der Waals surface area (Å²) in [5, 5.41) is 0.708. The van der Waals surface area contributed by atoms with E-state index >= 15 is 0 Å². The fourth-order valence-electron chi connectivity index (χ4n) is 2.64. The summed E-state index contributed by atoms with van der Waals surface area (Å²) in [6, 6.07) is 9.89. The first-order valence-electron chi connectivity index (χ1n) is 7.87. The van der Waals surface area contributed by atoms with Crippen LogP contribution in [0.4, 0.5) is 0 Å². The average Bonchev–Trinajstić information content (AvgIpc) is 2.95. The molecule has 0 saturated heterocycles. The summed E-state index contributed by atoms with van der Waals surface area (Å²) in [6.45, 7) is 6.39. The van der Waals surface area contributed by atoms with Crippen molar-refractivity contribution >= 4 is 22.9 Å². The van der Waals surface area contributed by atoms with Crippen LogP contribution < -0.4 is 11.2 Å². The predicted octanol–water partition coefficient (Wildman–Crippen LogP) is 2.15. The number of fused-ring (bicyclic) bond motifs is 1. The highest BCUT2D eigenvalue weighted by Crippen LogP contribution is 2.24. The van der Waals surface area contributed by atoms with Crippen LogP contribution >= 0.6 is 11.8 Å². The minimum atomic E-state index is -0.377. The first-order chi connectivity index (χ1) is 11.9. The molecule has 0 fully saturated rings. The van der Waals surface area contributed by atoms with Crippen molar-refractivity contribution in [3.05, 3.63) is 68.9 Å². The Morgan fingerprint density at radius 1 is 1.16 bits per heavy atom. The molecule has 0 aliphatic heterocycles. The van der Waals surface area contributed by atoms with Crippen molar-refractivity contribution in [1.82, 2.24) is 18.7 Å². The van der Waals surface area contributed by atoms with Crippen LogP contribution in [-0.4, -0.2) is 24.4 Å². The maximum atomic E-state index is 12.7. The summed E-state index contributed by atoms with van der Waals surface area (Å²) in [4.78, 5) is 29.5. The van der Waals surface area contributed by atoms with Gasteiger partial charge < -0.3 is 4.57 Å². The fourth-order valence-corrected chi connectivity index (χ4v) is 3.48. The molecule has 7 heteroatoms. The van der Waals surface area contributed by atoms with Gasteiger partial charge in [-0.15, -0.1) is 0 Å². The molecule has 0 bridgehead atoms. The SMILES string of the molecule is C=C(C)CSc1nc2c(c(=O)n(C)c(=O)n2C)n1Cc1ccccc1. The van der Waals surface area contributed by atoms with Gasteiger partial charge in [-0.3, -0.25) is 13.9 Å². The second kappa shape index (κ2) is 6.76. The molecule has 2 heterocycles. The van der Waals surface area contributed by atoms with E-state index in [1.807, 2.05) is 41.8 Å². The molecule has 2 aromatic heterocycles. The Kier molecular flexibility index (Phi) is 4.67. The monoisotopic (exact) mass is 356 g/mol. The number of imidazole rings is 1. The van der Waals surface area contributed by atoms with E-state index in [9.17, 15) is 9.59 Å². The lowest BCUT2D eigenvalue weighted by Gasteiger charge is -2.09. The van der Waals surface area contributed by atoms with Crippen LogP contribution in [0.3, 0.4) is 0 Å². The molecule has 0 amide bonds. The molecule has 0 N–H and O–H groups in total. The summed E-state index contributed by atoms with van der Waals surface area (Å²) in [7, 11) is 3.13. The lowest BCUT2D eigenvalue weighted by molar-refractivity contribution is 0.696. The third kappa shape index (κ3) is 3.19. The van der Waals surface area contributed by atoms with Crippen molar-refractivity contribution in [3.8, 4) is 0 Å². The zero-order chi connectivity index (χ0) is 18.1. The van der Waals surface area contributed by atoms with E-state index in [-0.39, 0.29) is 11.2 Å². The van der Waals surface area contributed by atoms with Gasteiger partial charge in [0.25, 0.3) is 5.56 Å². The van der Waals surface area contributed by atoms with Crippen molar-refractivity contribution in [1.29, 1.82) is 0 Å². The molecule has 130 valence electrons. The molecule has 3 rings (SSSR count). The number of hydrogen-bond donors (Lipinski definition) is 0. The van der Waals surface area contributed by atoms with Crippen molar-refractivity contribution in [2.75, 3.05) is 5.75 Å². The van der Waals surface area contributed by atoms with Crippen LogP contribution in [0.1, 0.15) is 12.5 Å². The minimum Gasteiger partial charge on any atom is -0.309 e. The minimum absolute atomic E-state index is 0.330. The van der Waals surface area contributed by atoms with Gasteiger partial charge in [0.15, 0.2) is 16.3 Å². The largest absolute Gasteiger partial charge is 0.332 e. The Hall–Kier alpha value is -2.54. The third-order valence-corrected chi connectivity index (χ3v) is 5.15. The number of benzene rings is 1. The molecule has 0 radical (unpaired) electrons. The smallest absolute Gasteiger partial charge is 0.309 e. The number of nitrogens with zero attached hydrogens (tertiary/aromatic N) is 4. The standard InChI is InChI=1S/C18H20N4O2S/c1-12(2)11-25-17-19-15-14(16(23)21(4)18(24)20(15)3)22(17)10-13-8-6-5-7-9-13/h5-9H,1,10-11H2,2-4H3. The second-order valence-electron chi connectivity index (χ2n) is 6.09. The lowest BCUT2D eigenvalue weighted by atomic mass is 10.2. The average molecular weight is 356 g/mol. The number of rotatable bonds is 5. The van der Waals surface area contributed by atoms with Gasteiger partial charge in [-0.1, -0.05) is 54.2 Å². The van der Waals surface area contributed by atoms with E-state index in [0.29, 0.717) is 28.6 Å².